The van der Waals surface area contributed by atoms with Gasteiger partial charge in [0.05, 0.1) is 17.7 Å². The van der Waals surface area contributed by atoms with Gasteiger partial charge >= 0.3 is 18.3 Å². The molecule has 0 spiro atoms. The van der Waals surface area contributed by atoms with Gasteiger partial charge in [-0.05, 0) is 29.8 Å². The first-order chi connectivity index (χ1) is 13.7. The third-order valence-corrected chi connectivity index (χ3v) is 4.10. The van der Waals surface area contributed by atoms with Crippen LogP contribution < -0.4 is 0 Å². The number of hydrogen-bond acceptors (Lipinski definition) is 7. The summed E-state index contributed by atoms with van der Waals surface area (Å²) in [6.45, 7) is -0.806. The molecule has 0 aliphatic carbocycles. The largest absolute Gasteiger partial charge is 0.430 e. The Kier molecular flexibility index (Phi) is 7.14. The molecule has 1 aliphatic rings. The van der Waals surface area contributed by atoms with Crippen molar-refractivity contribution in [3.63, 3.8) is 0 Å². The first-order valence-corrected chi connectivity index (χ1v) is 8.22. The molecule has 1 fully saturated rings. The number of rotatable bonds is 4. The van der Waals surface area contributed by atoms with Crippen molar-refractivity contribution >= 4 is 12.0 Å². The maximum atomic E-state index is 12.8. The topological polar surface area (TPSA) is 116 Å². The van der Waals surface area contributed by atoms with Crippen molar-refractivity contribution in [2.75, 3.05) is 6.61 Å². The number of ether oxygens (including phenoxy) is 2. The van der Waals surface area contributed by atoms with Crippen molar-refractivity contribution in [3.8, 4) is 0 Å². The average molecular weight is 446 g/mol. The summed E-state index contributed by atoms with van der Waals surface area (Å²) in [5.41, 5.74) is -3.78. The fourth-order valence-electron chi connectivity index (χ4n) is 2.56. The van der Waals surface area contributed by atoms with E-state index in [9.17, 15) is 46.5 Å². The minimum absolute atomic E-state index is 0.0797. The fraction of sp³-hybridized carbons (Fsp3) is 0.471. The van der Waals surface area contributed by atoms with E-state index in [1.165, 1.54) is 0 Å². The number of esters is 1. The van der Waals surface area contributed by atoms with Crippen LogP contribution in [0.5, 0.6) is 0 Å². The molecule has 0 saturated carbocycles. The number of carbonyl (C=O) groups is 1. The van der Waals surface area contributed by atoms with Gasteiger partial charge in [-0.3, -0.25) is 0 Å². The zero-order chi connectivity index (χ0) is 22.9. The number of alkyl halides is 6. The summed E-state index contributed by atoms with van der Waals surface area (Å²) < 4.78 is 86.5. The van der Waals surface area contributed by atoms with Crippen LogP contribution in [-0.4, -0.2) is 63.7 Å². The van der Waals surface area contributed by atoms with Crippen LogP contribution in [0.1, 0.15) is 16.7 Å². The molecular formula is C17H16F6O7. The Morgan fingerprint density at radius 2 is 1.50 bits per heavy atom. The lowest BCUT2D eigenvalue weighted by Crippen LogP contribution is -2.59. The number of halogens is 6. The molecule has 0 unspecified atom stereocenters. The summed E-state index contributed by atoms with van der Waals surface area (Å²) in [5.74, 6) is -1.34. The maximum Gasteiger partial charge on any atom is 0.416 e. The Morgan fingerprint density at radius 3 is 1.97 bits per heavy atom. The molecule has 0 amide bonds. The number of hydrogen-bond donors (Lipinski definition) is 4. The molecule has 1 aromatic rings. The van der Waals surface area contributed by atoms with Gasteiger partial charge in [0.2, 0.25) is 6.29 Å². The lowest BCUT2D eigenvalue weighted by Gasteiger charge is -2.38. The van der Waals surface area contributed by atoms with Gasteiger partial charge in [-0.15, -0.1) is 0 Å². The van der Waals surface area contributed by atoms with E-state index in [-0.39, 0.29) is 6.07 Å². The minimum atomic E-state index is -5.07. The molecule has 1 aromatic carbocycles. The molecule has 1 aliphatic heterocycles. The zero-order valence-electron chi connectivity index (χ0n) is 14.8. The molecule has 7 nitrogen and oxygen atoms in total. The fourth-order valence-corrected chi connectivity index (χ4v) is 2.56. The quantitative estimate of drug-likeness (QED) is 0.311. The van der Waals surface area contributed by atoms with E-state index in [1.807, 2.05) is 0 Å². The van der Waals surface area contributed by atoms with Gasteiger partial charge in [-0.2, -0.15) is 26.3 Å². The molecule has 4 N–H and O–H groups in total. The third kappa shape index (κ3) is 5.70. The van der Waals surface area contributed by atoms with E-state index in [0.29, 0.717) is 24.3 Å². The van der Waals surface area contributed by atoms with Crippen molar-refractivity contribution in [2.45, 2.75) is 43.1 Å². The highest BCUT2D eigenvalue weighted by Gasteiger charge is 2.45. The number of aliphatic hydroxyl groups excluding tert-OH is 4. The predicted octanol–water partition coefficient (Wildman–Crippen LogP) is 1.08. The van der Waals surface area contributed by atoms with Gasteiger partial charge in [-0.25, -0.2) is 4.79 Å². The third-order valence-electron chi connectivity index (χ3n) is 4.10. The molecule has 1 saturated heterocycles. The summed E-state index contributed by atoms with van der Waals surface area (Å²) in [4.78, 5) is 11.8. The second-order valence-electron chi connectivity index (χ2n) is 6.31. The van der Waals surface area contributed by atoms with Crippen molar-refractivity contribution in [1.29, 1.82) is 0 Å². The van der Waals surface area contributed by atoms with Crippen LogP contribution in [0.25, 0.3) is 6.08 Å². The highest BCUT2D eigenvalue weighted by Crippen LogP contribution is 2.36. The van der Waals surface area contributed by atoms with E-state index in [0.717, 1.165) is 0 Å². The van der Waals surface area contributed by atoms with Gasteiger partial charge in [0, 0.05) is 6.08 Å². The predicted molar refractivity (Wildman–Crippen MR) is 85.3 cm³/mol. The molecule has 168 valence electrons. The van der Waals surface area contributed by atoms with Crippen molar-refractivity contribution in [1.82, 2.24) is 0 Å². The minimum Gasteiger partial charge on any atom is -0.430 e. The lowest BCUT2D eigenvalue weighted by molar-refractivity contribution is -0.291. The van der Waals surface area contributed by atoms with Crippen molar-refractivity contribution < 1.29 is 61.0 Å². The normalized spacial score (nSPS) is 28.0. The van der Waals surface area contributed by atoms with E-state index in [4.69, 9.17) is 9.84 Å². The zero-order valence-corrected chi connectivity index (χ0v) is 14.8. The van der Waals surface area contributed by atoms with E-state index >= 15 is 0 Å². The standard InChI is InChI=1S/C17H16F6O7/c18-16(19,20)8-3-7(4-9(5-8)17(21,22)23)1-2-11(25)30-15-14(28)13(27)12(26)10(6-24)29-15/h1-5,10,12-15,24,26-28H,6H2/b2-1-/t10-,12-,13+,14-,15+/m1/s1. The molecular weight excluding hydrogens is 430 g/mol. The van der Waals surface area contributed by atoms with Crippen molar-refractivity contribution in [2.24, 2.45) is 0 Å². The highest BCUT2D eigenvalue weighted by atomic mass is 19.4. The van der Waals surface area contributed by atoms with Crippen molar-refractivity contribution in [3.05, 3.63) is 41.0 Å². The van der Waals surface area contributed by atoms with Gasteiger partial charge in [0.1, 0.15) is 24.4 Å². The van der Waals surface area contributed by atoms with Crippen LogP contribution >= 0.6 is 0 Å². The van der Waals surface area contributed by atoms with Crippen LogP contribution in [0.15, 0.2) is 24.3 Å². The summed E-state index contributed by atoms with van der Waals surface area (Å²) in [5, 5.41) is 38.0. The maximum absolute atomic E-state index is 12.8. The monoisotopic (exact) mass is 446 g/mol. The first kappa shape index (κ1) is 24.1. The molecule has 0 radical (unpaired) electrons. The molecule has 1 heterocycles. The number of benzene rings is 1. The summed E-state index contributed by atoms with van der Waals surface area (Å²) in [6.07, 6.45) is -17.8. The average Bonchev–Trinajstić information content (AvgIpc) is 2.65. The number of aliphatic hydroxyl groups is 4. The Labute approximate surface area is 164 Å². The second-order valence-corrected chi connectivity index (χ2v) is 6.31. The number of carbonyl (C=O) groups excluding carboxylic acids is 1. The molecule has 2 rings (SSSR count). The SMILES string of the molecule is O=C(/C=C\c1cc(C(F)(F)F)cc(C(F)(F)F)c1)O[C@@H]1O[C@H](CO)[C@@H](O)[C@H](O)[C@H]1O. The van der Waals surface area contributed by atoms with E-state index < -0.39 is 72.3 Å². The smallest absolute Gasteiger partial charge is 0.416 e. The summed E-state index contributed by atoms with van der Waals surface area (Å²) >= 11 is 0. The lowest BCUT2D eigenvalue weighted by atomic mass is 9.99. The van der Waals surface area contributed by atoms with Gasteiger partial charge in [0.15, 0.2) is 0 Å². The Balaban J connectivity index is 2.19. The van der Waals surface area contributed by atoms with Crippen LogP contribution in [0.3, 0.4) is 0 Å². The highest BCUT2D eigenvalue weighted by molar-refractivity contribution is 5.87. The summed E-state index contributed by atoms with van der Waals surface area (Å²) in [7, 11) is 0. The van der Waals surface area contributed by atoms with E-state index in [1.54, 1.807) is 0 Å². The van der Waals surface area contributed by atoms with Gasteiger partial charge in [-0.1, -0.05) is 0 Å². The Morgan fingerprint density at radius 1 is 0.967 bits per heavy atom. The summed E-state index contributed by atoms with van der Waals surface area (Å²) in [6, 6.07) is 0.684. The van der Waals surface area contributed by atoms with Gasteiger partial charge in [0.25, 0.3) is 0 Å². The van der Waals surface area contributed by atoms with Crippen LogP contribution in [0.2, 0.25) is 0 Å². The van der Waals surface area contributed by atoms with Crippen LogP contribution in [-0.2, 0) is 26.6 Å². The molecule has 30 heavy (non-hydrogen) atoms. The van der Waals surface area contributed by atoms with Crippen LogP contribution in [0, 0.1) is 0 Å². The van der Waals surface area contributed by atoms with Crippen LogP contribution in [0.4, 0.5) is 26.3 Å². The Hall–Kier alpha value is -2.19. The second kappa shape index (κ2) is 8.89. The molecule has 5 atom stereocenters. The molecule has 0 bridgehead atoms. The van der Waals surface area contributed by atoms with E-state index in [2.05, 4.69) is 4.74 Å². The molecule has 0 aromatic heterocycles. The first-order valence-electron chi connectivity index (χ1n) is 8.22. The molecule has 13 heteroatoms. The Bertz CT molecular complexity index is 758. The van der Waals surface area contributed by atoms with Gasteiger partial charge < -0.3 is 29.9 Å².